The Labute approximate surface area is 152 Å². The Morgan fingerprint density at radius 3 is 2.72 bits per heavy atom. The summed E-state index contributed by atoms with van der Waals surface area (Å²) in [7, 11) is 0. The fourth-order valence-corrected chi connectivity index (χ4v) is 2.91. The van der Waals surface area contributed by atoms with Gasteiger partial charge in [0.25, 0.3) is 5.91 Å². The fraction of sp³-hybridized carbons (Fsp3) is 0.733. The van der Waals surface area contributed by atoms with Gasteiger partial charge < -0.3 is 15.0 Å². The van der Waals surface area contributed by atoms with Crippen LogP contribution in [0.1, 0.15) is 25.7 Å². The smallest absolute Gasteiger partial charge is 0.257 e. The third-order valence-corrected chi connectivity index (χ3v) is 4.25. The number of carbonyl (C=O) groups excluding carboxylic acids is 2. The summed E-state index contributed by atoms with van der Waals surface area (Å²) in [6.07, 6.45) is 5.40. The lowest BCUT2D eigenvalue weighted by molar-refractivity contribution is -0.132. The fourth-order valence-electron chi connectivity index (χ4n) is 2.91. The first-order valence-corrected chi connectivity index (χ1v) is 8.53. The highest BCUT2D eigenvalue weighted by atomic mass is 35.5. The number of hydrogen-bond acceptors (Lipinski definition) is 6. The number of likely N-dealkylation sites (tertiary alicyclic amines) is 1. The van der Waals surface area contributed by atoms with Crippen LogP contribution in [0.2, 0.25) is 0 Å². The van der Waals surface area contributed by atoms with Crippen LogP contribution in [-0.2, 0) is 20.9 Å². The summed E-state index contributed by atoms with van der Waals surface area (Å²) in [5.41, 5.74) is 0. The molecule has 2 N–H and O–H groups in total. The van der Waals surface area contributed by atoms with Crippen LogP contribution in [0.3, 0.4) is 0 Å². The number of ether oxygens (including phenoxy) is 1. The Balaban J connectivity index is 0.00000225. The summed E-state index contributed by atoms with van der Waals surface area (Å²) in [6.45, 7) is 3.48. The van der Waals surface area contributed by atoms with Gasteiger partial charge in [0.15, 0.2) is 0 Å². The van der Waals surface area contributed by atoms with Crippen LogP contribution in [0.25, 0.3) is 0 Å². The summed E-state index contributed by atoms with van der Waals surface area (Å²) in [4.78, 5) is 30.3. The average Bonchev–Trinajstić information content (AvgIpc) is 2.86. The maximum atomic E-state index is 12.3. The average molecular weight is 373 g/mol. The molecule has 1 aromatic rings. The molecule has 140 valence electrons. The molecule has 0 aliphatic carbocycles. The van der Waals surface area contributed by atoms with Gasteiger partial charge in [-0.25, -0.2) is 9.67 Å². The molecule has 2 amide bonds. The molecular formula is C15H25ClN6O3. The number of nitrogens with zero attached hydrogens (tertiary/aromatic N) is 4. The second-order valence-corrected chi connectivity index (χ2v) is 6.11. The van der Waals surface area contributed by atoms with E-state index in [4.69, 9.17) is 4.74 Å². The van der Waals surface area contributed by atoms with E-state index in [1.807, 2.05) is 4.90 Å². The van der Waals surface area contributed by atoms with Crippen molar-refractivity contribution in [1.29, 1.82) is 0 Å². The van der Waals surface area contributed by atoms with Gasteiger partial charge in [0.1, 0.15) is 19.0 Å². The minimum atomic E-state index is -0.538. The third-order valence-electron chi connectivity index (χ3n) is 4.25. The summed E-state index contributed by atoms with van der Waals surface area (Å²) in [5, 5.41) is 9.87. The monoisotopic (exact) mass is 372 g/mol. The van der Waals surface area contributed by atoms with Crippen LogP contribution < -0.4 is 10.6 Å². The van der Waals surface area contributed by atoms with E-state index in [1.54, 1.807) is 0 Å². The van der Waals surface area contributed by atoms with Crippen LogP contribution in [0, 0.1) is 0 Å². The van der Waals surface area contributed by atoms with E-state index < -0.39 is 6.10 Å². The molecule has 2 aliphatic rings. The Hall–Kier alpha value is -1.71. The van der Waals surface area contributed by atoms with Crippen molar-refractivity contribution in [3.63, 3.8) is 0 Å². The molecule has 2 fully saturated rings. The highest BCUT2D eigenvalue weighted by molar-refractivity contribution is 5.92. The van der Waals surface area contributed by atoms with Crippen molar-refractivity contribution in [2.24, 2.45) is 0 Å². The van der Waals surface area contributed by atoms with Gasteiger partial charge in [-0.05, 0) is 12.8 Å². The first-order chi connectivity index (χ1) is 11.7. The molecule has 2 saturated heterocycles. The van der Waals surface area contributed by atoms with Gasteiger partial charge in [-0.3, -0.25) is 14.9 Å². The van der Waals surface area contributed by atoms with Crippen molar-refractivity contribution < 1.29 is 14.3 Å². The van der Waals surface area contributed by atoms with Crippen LogP contribution in [-0.4, -0.2) is 70.4 Å². The number of anilines is 1. The first kappa shape index (κ1) is 19.6. The zero-order valence-corrected chi connectivity index (χ0v) is 15.0. The number of rotatable bonds is 4. The predicted octanol–water partition coefficient (Wildman–Crippen LogP) is 0.0294. The summed E-state index contributed by atoms with van der Waals surface area (Å²) in [5.74, 6) is -0.0453. The largest absolute Gasteiger partial charge is 0.366 e. The Bertz CT molecular complexity index is 567. The maximum absolute atomic E-state index is 12.3. The van der Waals surface area contributed by atoms with Gasteiger partial charge in [0.2, 0.25) is 11.9 Å². The molecule has 0 radical (unpaired) electrons. The lowest BCUT2D eigenvalue weighted by Gasteiger charge is -2.21. The SMILES string of the molecule is Cl.O=C(Nc1ncn(CC(=O)N2CCCCCC2)n1)[C@H]1CNCCO1. The lowest BCUT2D eigenvalue weighted by atomic mass is 10.2. The first-order valence-electron chi connectivity index (χ1n) is 8.53. The molecule has 25 heavy (non-hydrogen) atoms. The third kappa shape index (κ3) is 5.65. The molecule has 0 unspecified atom stereocenters. The number of hydrogen-bond donors (Lipinski definition) is 2. The van der Waals surface area contributed by atoms with E-state index in [2.05, 4.69) is 20.7 Å². The summed E-state index contributed by atoms with van der Waals surface area (Å²) in [6, 6.07) is 0. The van der Waals surface area contributed by atoms with Crippen molar-refractivity contribution in [1.82, 2.24) is 25.0 Å². The normalized spacial score (nSPS) is 21.1. The van der Waals surface area contributed by atoms with Crippen molar-refractivity contribution in [3.05, 3.63) is 6.33 Å². The minimum absolute atomic E-state index is 0. The number of morpholine rings is 1. The number of aromatic nitrogens is 3. The molecule has 2 aliphatic heterocycles. The number of carbonyl (C=O) groups is 2. The molecule has 9 nitrogen and oxygen atoms in total. The molecule has 0 aromatic carbocycles. The van der Waals surface area contributed by atoms with Crippen LogP contribution in [0.15, 0.2) is 6.33 Å². The quantitative estimate of drug-likeness (QED) is 0.773. The second-order valence-electron chi connectivity index (χ2n) is 6.11. The molecule has 0 spiro atoms. The Morgan fingerprint density at radius 2 is 2.04 bits per heavy atom. The molecule has 10 heteroatoms. The number of nitrogens with one attached hydrogen (secondary N) is 2. The number of amides is 2. The van der Waals surface area contributed by atoms with Crippen LogP contribution >= 0.6 is 12.4 Å². The van der Waals surface area contributed by atoms with E-state index in [-0.39, 0.29) is 36.7 Å². The number of halogens is 1. The van der Waals surface area contributed by atoms with Gasteiger partial charge in [-0.1, -0.05) is 12.8 Å². The van der Waals surface area contributed by atoms with Crippen molar-refractivity contribution in [3.8, 4) is 0 Å². The molecular weight excluding hydrogens is 348 g/mol. The van der Waals surface area contributed by atoms with Crippen LogP contribution in [0.5, 0.6) is 0 Å². The highest BCUT2D eigenvalue weighted by Gasteiger charge is 2.23. The Morgan fingerprint density at radius 1 is 1.28 bits per heavy atom. The Kier molecular flexibility index (Phi) is 7.60. The van der Waals surface area contributed by atoms with Crippen molar-refractivity contribution in [2.45, 2.75) is 38.3 Å². The van der Waals surface area contributed by atoms with Gasteiger partial charge >= 0.3 is 0 Å². The van der Waals surface area contributed by atoms with E-state index in [1.165, 1.54) is 23.9 Å². The standard InChI is InChI=1S/C15H24N6O3.ClH/c22-13(20-6-3-1-2-4-7-20)10-21-11-17-15(19-21)18-14(23)12-9-16-5-8-24-12;/h11-12,16H,1-10H2,(H,18,19,23);1H/t12-;/m1./s1. The molecule has 3 rings (SSSR count). The van der Waals surface area contributed by atoms with E-state index >= 15 is 0 Å². The summed E-state index contributed by atoms with van der Waals surface area (Å²) >= 11 is 0. The zero-order valence-electron chi connectivity index (χ0n) is 14.1. The molecule has 0 saturated carbocycles. The van der Waals surface area contributed by atoms with Gasteiger partial charge in [-0.15, -0.1) is 17.5 Å². The highest BCUT2D eigenvalue weighted by Crippen LogP contribution is 2.10. The van der Waals surface area contributed by atoms with E-state index in [0.29, 0.717) is 13.2 Å². The van der Waals surface area contributed by atoms with E-state index in [9.17, 15) is 9.59 Å². The molecule has 1 aromatic heterocycles. The van der Waals surface area contributed by atoms with E-state index in [0.717, 1.165) is 32.5 Å². The summed E-state index contributed by atoms with van der Waals surface area (Å²) < 4.78 is 6.84. The molecule has 0 bridgehead atoms. The zero-order chi connectivity index (χ0) is 16.8. The van der Waals surface area contributed by atoms with Gasteiger partial charge in [-0.2, -0.15) is 0 Å². The van der Waals surface area contributed by atoms with Crippen molar-refractivity contribution >= 4 is 30.2 Å². The minimum Gasteiger partial charge on any atom is -0.366 e. The van der Waals surface area contributed by atoms with Gasteiger partial charge in [0, 0.05) is 26.2 Å². The predicted molar refractivity (Wildman–Crippen MR) is 93.6 cm³/mol. The topological polar surface area (TPSA) is 101 Å². The van der Waals surface area contributed by atoms with Gasteiger partial charge in [0.05, 0.1) is 6.61 Å². The second kappa shape index (κ2) is 9.69. The van der Waals surface area contributed by atoms with Crippen molar-refractivity contribution in [2.75, 3.05) is 38.1 Å². The van der Waals surface area contributed by atoms with Crippen LogP contribution in [0.4, 0.5) is 5.95 Å². The molecule has 3 heterocycles. The lowest BCUT2D eigenvalue weighted by Crippen LogP contribution is -2.45. The molecule has 1 atom stereocenters. The maximum Gasteiger partial charge on any atom is 0.257 e.